The van der Waals surface area contributed by atoms with Crippen molar-refractivity contribution in [2.75, 3.05) is 6.61 Å². The molecule has 0 aromatic rings. The van der Waals surface area contributed by atoms with E-state index in [4.69, 9.17) is 4.74 Å². The Labute approximate surface area is 159 Å². The second-order valence-electron chi connectivity index (χ2n) is 11.4. The molecule has 152 valence electrons. The summed E-state index contributed by atoms with van der Waals surface area (Å²) in [5, 5.41) is 24.4. The van der Waals surface area contributed by atoms with Gasteiger partial charge in [0.15, 0.2) is 0 Å². The van der Waals surface area contributed by atoms with Gasteiger partial charge in [0.25, 0.3) is 0 Å². The first kappa shape index (κ1) is 20.5. The smallest absolute Gasteiger partial charge is 0.0622 e. The Bertz CT molecular complexity index is 487. The van der Waals surface area contributed by atoms with Crippen LogP contribution in [0.3, 0.4) is 0 Å². The van der Waals surface area contributed by atoms with E-state index in [9.17, 15) is 10.4 Å². The summed E-state index contributed by atoms with van der Waals surface area (Å²) in [6, 6.07) is 0. The molecule has 0 aromatic heterocycles. The second kappa shape index (κ2) is 6.15. The van der Waals surface area contributed by atoms with E-state index >= 15 is 0 Å². The molecule has 3 aliphatic heterocycles. The van der Waals surface area contributed by atoms with Crippen molar-refractivity contribution < 1.29 is 15.2 Å². The third-order valence-electron chi connectivity index (χ3n) is 7.86. The largest absolute Gasteiger partial charge is 0.378 e. The van der Waals surface area contributed by atoms with Crippen LogP contribution in [0.25, 0.3) is 0 Å². The fraction of sp³-hybridized carbons (Fsp3) is 1.00. The molecule has 26 heavy (non-hydrogen) atoms. The molecule has 0 spiro atoms. The highest BCUT2D eigenvalue weighted by Gasteiger charge is 2.57. The lowest BCUT2D eigenvalue weighted by atomic mass is 9.72. The zero-order chi connectivity index (χ0) is 19.7. The van der Waals surface area contributed by atoms with Crippen LogP contribution in [0.15, 0.2) is 0 Å². The molecule has 2 N–H and O–H groups in total. The van der Waals surface area contributed by atoms with Crippen LogP contribution in [0.1, 0.15) is 81.1 Å². The molecule has 3 fully saturated rings. The molecular formula is C21H40N2O3. The van der Waals surface area contributed by atoms with E-state index in [0.717, 1.165) is 32.3 Å². The number of rotatable bonds is 2. The lowest BCUT2D eigenvalue weighted by molar-refractivity contribution is -0.207. The number of ether oxygens (including phenoxy) is 1. The molecule has 0 bridgehead atoms. The Hall–Kier alpha value is -0.200. The van der Waals surface area contributed by atoms with Gasteiger partial charge in [0.1, 0.15) is 0 Å². The molecule has 0 aromatic carbocycles. The van der Waals surface area contributed by atoms with Crippen molar-refractivity contribution in [2.45, 2.75) is 109 Å². The summed E-state index contributed by atoms with van der Waals surface area (Å²) in [6.07, 6.45) is 4.35. The van der Waals surface area contributed by atoms with Crippen LogP contribution in [0.2, 0.25) is 0 Å². The normalized spacial score (nSPS) is 42.2. The van der Waals surface area contributed by atoms with Crippen LogP contribution in [0.4, 0.5) is 0 Å². The monoisotopic (exact) mass is 368 g/mol. The van der Waals surface area contributed by atoms with E-state index in [1.165, 1.54) is 0 Å². The van der Waals surface area contributed by atoms with Crippen molar-refractivity contribution in [2.24, 2.45) is 17.8 Å². The van der Waals surface area contributed by atoms with Crippen molar-refractivity contribution in [1.82, 2.24) is 10.1 Å². The zero-order valence-electron chi connectivity index (χ0n) is 18.0. The van der Waals surface area contributed by atoms with Crippen LogP contribution in [-0.4, -0.2) is 55.4 Å². The number of nitrogens with zero attached hydrogens (tertiary/aromatic N) is 2. The second-order valence-corrected chi connectivity index (χ2v) is 11.4. The predicted molar refractivity (Wildman–Crippen MR) is 102 cm³/mol. The molecule has 3 saturated heterocycles. The highest BCUT2D eigenvalue weighted by atomic mass is 16.5. The Balaban J connectivity index is 1.67. The minimum atomic E-state index is -0.266. The van der Waals surface area contributed by atoms with Gasteiger partial charge in [0.2, 0.25) is 0 Å². The molecule has 4 atom stereocenters. The van der Waals surface area contributed by atoms with Gasteiger partial charge in [-0.05, 0) is 92.9 Å². The number of hydrogen-bond acceptors (Lipinski definition) is 5. The molecule has 3 rings (SSSR count). The molecule has 0 amide bonds. The predicted octanol–water partition coefficient (Wildman–Crippen LogP) is 4.32. The molecule has 5 nitrogen and oxygen atoms in total. The Kier molecular flexibility index (Phi) is 4.86. The summed E-state index contributed by atoms with van der Waals surface area (Å²) >= 11 is 0. The van der Waals surface area contributed by atoms with Crippen LogP contribution in [-0.2, 0) is 4.74 Å². The van der Waals surface area contributed by atoms with Gasteiger partial charge in [0, 0.05) is 28.1 Å². The van der Waals surface area contributed by atoms with Gasteiger partial charge in [-0.3, -0.25) is 0 Å². The summed E-state index contributed by atoms with van der Waals surface area (Å²) in [6.45, 7) is 17.8. The van der Waals surface area contributed by atoms with Crippen molar-refractivity contribution in [1.29, 1.82) is 0 Å². The van der Waals surface area contributed by atoms with Crippen LogP contribution < -0.4 is 0 Å². The maximum atomic E-state index is 10.6. The van der Waals surface area contributed by atoms with Crippen molar-refractivity contribution in [3.05, 3.63) is 0 Å². The van der Waals surface area contributed by atoms with Crippen molar-refractivity contribution in [3.63, 3.8) is 0 Å². The Morgan fingerprint density at radius 1 is 0.731 bits per heavy atom. The SMILES string of the molecule is CC1(C)CC(C2CCC(C3CC(C)(C)N(O)C3(C)C)OC2)C(C)(C)N1O. The summed E-state index contributed by atoms with van der Waals surface area (Å²) in [4.78, 5) is 0. The maximum absolute atomic E-state index is 10.6. The van der Waals surface area contributed by atoms with Gasteiger partial charge < -0.3 is 15.2 Å². The third-order valence-corrected chi connectivity index (χ3v) is 7.86. The minimum absolute atomic E-state index is 0.181. The van der Waals surface area contributed by atoms with Crippen LogP contribution in [0.5, 0.6) is 0 Å². The molecule has 3 heterocycles. The summed E-state index contributed by atoms with van der Waals surface area (Å²) in [7, 11) is 0. The average Bonchev–Trinajstić information content (AvgIpc) is 2.81. The van der Waals surface area contributed by atoms with Gasteiger partial charge >= 0.3 is 0 Å². The lowest BCUT2D eigenvalue weighted by Gasteiger charge is -2.43. The van der Waals surface area contributed by atoms with Gasteiger partial charge in [-0.25, -0.2) is 0 Å². The Morgan fingerprint density at radius 2 is 1.19 bits per heavy atom. The van der Waals surface area contributed by atoms with E-state index in [-0.39, 0.29) is 28.3 Å². The first-order valence-corrected chi connectivity index (χ1v) is 10.3. The number of hydrogen-bond donors (Lipinski definition) is 2. The first-order chi connectivity index (χ1) is 11.7. The molecule has 4 unspecified atom stereocenters. The molecule has 0 saturated carbocycles. The van der Waals surface area contributed by atoms with Gasteiger partial charge in [-0.1, -0.05) is 0 Å². The standard InChI is InChI=1S/C21H40N2O3/c1-18(2)11-15(20(5,6)22(18)24)14-9-10-17(26-13-14)16-12-19(3,4)23(25)21(16,7)8/h14-17,24-25H,9-13H2,1-8H3. The molecule has 0 radical (unpaired) electrons. The van der Waals surface area contributed by atoms with Crippen molar-refractivity contribution in [3.8, 4) is 0 Å². The first-order valence-electron chi connectivity index (χ1n) is 10.3. The van der Waals surface area contributed by atoms with Gasteiger partial charge in [0.05, 0.1) is 12.7 Å². The van der Waals surface area contributed by atoms with Gasteiger partial charge in [-0.2, -0.15) is 10.1 Å². The average molecular weight is 369 g/mol. The number of hydroxylamine groups is 4. The van der Waals surface area contributed by atoms with Crippen molar-refractivity contribution >= 4 is 0 Å². The molecule has 0 aliphatic carbocycles. The van der Waals surface area contributed by atoms with E-state index in [0.29, 0.717) is 17.8 Å². The van der Waals surface area contributed by atoms with Crippen LogP contribution in [0, 0.1) is 17.8 Å². The molecule has 5 heteroatoms. The highest BCUT2D eigenvalue weighted by molar-refractivity contribution is 5.07. The maximum Gasteiger partial charge on any atom is 0.0622 e. The summed E-state index contributed by atoms with van der Waals surface area (Å²) < 4.78 is 6.42. The lowest BCUT2D eigenvalue weighted by Crippen LogP contribution is -2.51. The fourth-order valence-corrected chi connectivity index (χ4v) is 6.38. The molecular weight excluding hydrogens is 328 g/mol. The zero-order valence-corrected chi connectivity index (χ0v) is 18.0. The van der Waals surface area contributed by atoms with Crippen LogP contribution >= 0.6 is 0 Å². The van der Waals surface area contributed by atoms with E-state index < -0.39 is 0 Å². The van der Waals surface area contributed by atoms with E-state index in [1.54, 1.807) is 10.1 Å². The third kappa shape index (κ3) is 3.04. The summed E-state index contributed by atoms with van der Waals surface area (Å²) in [5.74, 6) is 1.26. The highest BCUT2D eigenvalue weighted by Crippen LogP contribution is 2.51. The molecule has 3 aliphatic rings. The van der Waals surface area contributed by atoms with Gasteiger partial charge in [-0.15, -0.1) is 0 Å². The summed E-state index contributed by atoms with van der Waals surface area (Å²) in [5.41, 5.74) is -0.874. The fourth-order valence-electron chi connectivity index (χ4n) is 6.38. The van der Waals surface area contributed by atoms with E-state index in [2.05, 4.69) is 55.4 Å². The minimum Gasteiger partial charge on any atom is -0.378 e. The quantitative estimate of drug-likeness (QED) is 0.760. The Morgan fingerprint density at radius 3 is 1.54 bits per heavy atom. The van der Waals surface area contributed by atoms with E-state index in [1.807, 2.05) is 0 Å². The topological polar surface area (TPSA) is 56.2 Å².